The second-order valence-corrected chi connectivity index (χ2v) is 1.98. The number of alkyl halides is 1. The minimum atomic E-state index is -0.726. The molecule has 3 nitrogen and oxygen atoms in total. The van der Waals surface area contributed by atoms with Gasteiger partial charge in [-0.25, -0.2) is 0 Å². The Bertz CT molecular complexity index is 133. The summed E-state index contributed by atoms with van der Waals surface area (Å²) in [6.45, 7) is 1.45. The maximum atomic E-state index is 10.5. The fourth-order valence-electron chi connectivity index (χ4n) is 0.320. The molecule has 0 aliphatic carbocycles. The van der Waals surface area contributed by atoms with Gasteiger partial charge >= 0.3 is 0 Å². The van der Waals surface area contributed by atoms with Gasteiger partial charge in [-0.1, -0.05) is 0 Å². The van der Waals surface area contributed by atoms with Crippen LogP contribution in [0.2, 0.25) is 0 Å². The number of nitrogens with two attached hydrogens (primary N) is 1. The monoisotopic (exact) mass is 149 g/mol. The molecule has 52 valence electrons. The fourth-order valence-corrected chi connectivity index (χ4v) is 0.451. The molecule has 0 aromatic carbocycles. The lowest BCUT2D eigenvalue weighted by molar-refractivity contribution is -0.135. The third-order valence-electron chi connectivity index (χ3n) is 0.810. The van der Waals surface area contributed by atoms with Crippen molar-refractivity contribution in [2.75, 3.05) is 5.88 Å². The van der Waals surface area contributed by atoms with Crippen LogP contribution in [0.3, 0.4) is 0 Å². The molecule has 0 bridgehead atoms. The summed E-state index contributed by atoms with van der Waals surface area (Å²) in [5.74, 6) is -1.50. The number of ketones is 2. The predicted octanol–water partition coefficient (Wildman–Crippen LogP) is -0.289. The highest BCUT2D eigenvalue weighted by atomic mass is 35.5. The molecule has 9 heavy (non-hydrogen) atoms. The zero-order valence-electron chi connectivity index (χ0n) is 5.06. The topological polar surface area (TPSA) is 60.2 Å². The van der Waals surface area contributed by atoms with Crippen molar-refractivity contribution in [1.29, 1.82) is 0 Å². The molecule has 0 radical (unpaired) electrons. The minimum Gasteiger partial charge on any atom is -0.321 e. The molecule has 0 unspecified atom stereocenters. The SMILES string of the molecule is C[C@H](N)C(=O)C(=O)CCl. The summed E-state index contributed by atoms with van der Waals surface area (Å²) in [4.78, 5) is 20.9. The van der Waals surface area contributed by atoms with Crippen LogP contribution < -0.4 is 5.73 Å². The van der Waals surface area contributed by atoms with Gasteiger partial charge in [0.1, 0.15) is 0 Å². The van der Waals surface area contributed by atoms with Gasteiger partial charge in [0.15, 0.2) is 0 Å². The molecule has 0 aliphatic heterocycles. The Morgan fingerprint density at radius 2 is 2.11 bits per heavy atom. The molecule has 0 saturated carbocycles. The Hall–Kier alpha value is -0.410. The highest BCUT2D eigenvalue weighted by Gasteiger charge is 2.15. The van der Waals surface area contributed by atoms with E-state index < -0.39 is 17.6 Å². The molecule has 0 aliphatic rings. The quantitative estimate of drug-likeness (QED) is 0.443. The molecule has 0 aromatic rings. The van der Waals surface area contributed by atoms with Crippen molar-refractivity contribution < 1.29 is 9.59 Å². The summed E-state index contributed by atoms with van der Waals surface area (Å²) in [7, 11) is 0. The van der Waals surface area contributed by atoms with E-state index >= 15 is 0 Å². The first-order chi connectivity index (χ1) is 4.09. The van der Waals surface area contributed by atoms with Gasteiger partial charge < -0.3 is 5.73 Å². The van der Waals surface area contributed by atoms with Crippen molar-refractivity contribution in [3.63, 3.8) is 0 Å². The van der Waals surface area contributed by atoms with E-state index in [1.165, 1.54) is 6.92 Å². The van der Waals surface area contributed by atoms with Gasteiger partial charge in [0.2, 0.25) is 11.6 Å². The lowest BCUT2D eigenvalue weighted by Gasteiger charge is -1.97. The van der Waals surface area contributed by atoms with E-state index in [2.05, 4.69) is 0 Å². The molecule has 1 atom stereocenters. The van der Waals surface area contributed by atoms with E-state index in [0.717, 1.165) is 0 Å². The van der Waals surface area contributed by atoms with E-state index in [1.807, 2.05) is 0 Å². The summed E-state index contributed by atoms with van der Waals surface area (Å²) in [5, 5.41) is 0. The van der Waals surface area contributed by atoms with E-state index in [0.29, 0.717) is 0 Å². The van der Waals surface area contributed by atoms with Crippen molar-refractivity contribution in [1.82, 2.24) is 0 Å². The van der Waals surface area contributed by atoms with Gasteiger partial charge in [-0.2, -0.15) is 0 Å². The number of carbonyl (C=O) groups excluding carboxylic acids is 2. The average molecular weight is 150 g/mol. The lowest BCUT2D eigenvalue weighted by atomic mass is 10.2. The van der Waals surface area contributed by atoms with Crippen LogP contribution in [0.5, 0.6) is 0 Å². The van der Waals surface area contributed by atoms with Crippen LogP contribution in [0.1, 0.15) is 6.92 Å². The predicted molar refractivity (Wildman–Crippen MR) is 34.4 cm³/mol. The highest BCUT2D eigenvalue weighted by Crippen LogP contribution is 1.85. The lowest BCUT2D eigenvalue weighted by Crippen LogP contribution is -2.33. The molecule has 0 fully saturated rings. The normalized spacial score (nSPS) is 12.8. The summed E-state index contributed by atoms with van der Waals surface area (Å²) in [6.07, 6.45) is 0. The maximum absolute atomic E-state index is 10.5. The number of carbonyl (C=O) groups is 2. The molecule has 0 rings (SSSR count). The first-order valence-corrected chi connectivity index (χ1v) is 3.01. The van der Waals surface area contributed by atoms with Crippen LogP contribution in [0.15, 0.2) is 0 Å². The smallest absolute Gasteiger partial charge is 0.215 e. The molecule has 0 heterocycles. The third-order valence-corrected chi connectivity index (χ3v) is 1.05. The van der Waals surface area contributed by atoms with Gasteiger partial charge in [0.05, 0.1) is 11.9 Å². The number of hydrogen-bond donors (Lipinski definition) is 1. The van der Waals surface area contributed by atoms with Crippen molar-refractivity contribution >= 4 is 23.2 Å². The van der Waals surface area contributed by atoms with Gasteiger partial charge in [0.25, 0.3) is 0 Å². The molecule has 0 aromatic heterocycles. The molecule has 2 N–H and O–H groups in total. The summed E-state index contributed by atoms with van der Waals surface area (Å²) >= 11 is 5.06. The second kappa shape index (κ2) is 3.58. The van der Waals surface area contributed by atoms with Gasteiger partial charge in [0, 0.05) is 0 Å². The third kappa shape index (κ3) is 2.58. The zero-order chi connectivity index (χ0) is 7.44. The van der Waals surface area contributed by atoms with Crippen molar-refractivity contribution in [2.45, 2.75) is 13.0 Å². The number of halogens is 1. The summed E-state index contributed by atoms with van der Waals surface area (Å²) < 4.78 is 0. The summed E-state index contributed by atoms with van der Waals surface area (Å²) in [6, 6.07) is -0.726. The maximum Gasteiger partial charge on any atom is 0.215 e. The van der Waals surface area contributed by atoms with Crippen LogP contribution in [-0.2, 0) is 9.59 Å². The van der Waals surface area contributed by atoms with E-state index in [-0.39, 0.29) is 5.88 Å². The fraction of sp³-hybridized carbons (Fsp3) is 0.600. The Morgan fingerprint density at radius 3 is 2.22 bits per heavy atom. The van der Waals surface area contributed by atoms with Gasteiger partial charge in [-0.15, -0.1) is 11.6 Å². The van der Waals surface area contributed by atoms with Crippen LogP contribution in [0.25, 0.3) is 0 Å². The van der Waals surface area contributed by atoms with Crippen LogP contribution >= 0.6 is 11.6 Å². The van der Waals surface area contributed by atoms with Crippen molar-refractivity contribution in [3.8, 4) is 0 Å². The largest absolute Gasteiger partial charge is 0.321 e. The van der Waals surface area contributed by atoms with Crippen LogP contribution in [0, 0.1) is 0 Å². The second-order valence-electron chi connectivity index (χ2n) is 1.71. The Labute approximate surface area is 58.2 Å². The van der Waals surface area contributed by atoms with E-state index in [1.54, 1.807) is 0 Å². The number of rotatable bonds is 3. The minimum absolute atomic E-state index is 0.277. The van der Waals surface area contributed by atoms with Crippen LogP contribution in [0.4, 0.5) is 0 Å². The van der Waals surface area contributed by atoms with Gasteiger partial charge in [-0.3, -0.25) is 9.59 Å². The van der Waals surface area contributed by atoms with E-state index in [9.17, 15) is 9.59 Å². The molecule has 4 heteroatoms. The average Bonchev–Trinajstić information content (AvgIpc) is 1.84. The number of Topliss-reactive ketones (excluding diaryl/α,β-unsaturated/α-hetero) is 2. The van der Waals surface area contributed by atoms with Crippen LogP contribution in [-0.4, -0.2) is 23.5 Å². The van der Waals surface area contributed by atoms with E-state index in [4.69, 9.17) is 17.3 Å². The molecule has 0 saturated heterocycles. The zero-order valence-corrected chi connectivity index (χ0v) is 5.81. The molecule has 0 amide bonds. The molecule has 0 spiro atoms. The Balaban J connectivity index is 3.89. The molecular formula is C5H8ClNO2. The van der Waals surface area contributed by atoms with Gasteiger partial charge in [-0.05, 0) is 6.92 Å². The Morgan fingerprint density at radius 1 is 1.67 bits per heavy atom. The Kier molecular flexibility index (Phi) is 3.42. The first kappa shape index (κ1) is 8.59. The first-order valence-electron chi connectivity index (χ1n) is 2.48. The highest BCUT2D eigenvalue weighted by molar-refractivity contribution is 6.48. The molecular weight excluding hydrogens is 142 g/mol. The summed E-state index contributed by atoms with van der Waals surface area (Å²) in [5.41, 5.74) is 5.08. The van der Waals surface area contributed by atoms with Crippen molar-refractivity contribution in [2.24, 2.45) is 5.73 Å². The standard InChI is InChI=1S/C5H8ClNO2/c1-3(7)5(9)4(8)2-6/h3H,2,7H2,1H3/t3-/m0/s1. The number of hydrogen-bond acceptors (Lipinski definition) is 3. The van der Waals surface area contributed by atoms with Crippen molar-refractivity contribution in [3.05, 3.63) is 0 Å².